The lowest BCUT2D eigenvalue weighted by Crippen LogP contribution is -1.78. The van der Waals surface area contributed by atoms with E-state index in [1.54, 1.807) is 13.2 Å². The molecule has 0 bridgehead atoms. The maximum atomic E-state index is 4.91. The fourth-order valence-electron chi connectivity index (χ4n) is 0.479. The van der Waals surface area contributed by atoms with Crippen LogP contribution in [0.25, 0.3) is 0 Å². The van der Waals surface area contributed by atoms with Crippen LogP contribution in [0.4, 0.5) is 0 Å². The van der Waals surface area contributed by atoms with Crippen LogP contribution in [0.15, 0.2) is 14.5 Å². The zero-order valence-corrected chi connectivity index (χ0v) is 7.16. The van der Waals surface area contributed by atoms with Crippen LogP contribution in [-0.2, 0) is 25.3 Å². The van der Waals surface area contributed by atoms with E-state index in [2.05, 4.69) is 0 Å². The highest BCUT2D eigenvalue weighted by Gasteiger charge is 1.89. The summed E-state index contributed by atoms with van der Waals surface area (Å²) in [5, 5.41) is 0. The first-order valence-electron chi connectivity index (χ1n) is 2.26. The Morgan fingerprint density at radius 2 is 2.22 bits per heavy atom. The summed E-state index contributed by atoms with van der Waals surface area (Å²) in [5.74, 6) is 0.722. The van der Waals surface area contributed by atoms with Gasteiger partial charge in [0.2, 0.25) is 0 Å². The molecule has 0 atom stereocenters. The lowest BCUT2D eigenvalue weighted by Gasteiger charge is -1.99. The molecule has 9 heavy (non-hydrogen) atoms. The quantitative estimate of drug-likeness (QED) is 0.601. The molecule has 1 nitrogen and oxygen atoms in total. The first kappa shape index (κ1) is 7.05. The van der Waals surface area contributed by atoms with Crippen molar-refractivity contribution in [2.75, 3.05) is 7.11 Å². The van der Waals surface area contributed by atoms with E-state index in [-0.39, 0.29) is 0 Å². The first-order chi connectivity index (χ1) is 4.24. The van der Waals surface area contributed by atoms with E-state index in [4.69, 9.17) is 30.0 Å². The van der Waals surface area contributed by atoms with E-state index in [0.29, 0.717) is 0 Å². The van der Waals surface area contributed by atoms with Gasteiger partial charge < -0.3 is 41.3 Å². The molecule has 0 unspecified atom stereocenters. The molecule has 0 aromatic carbocycles. The molecule has 4 heteroatoms. The highest BCUT2D eigenvalue weighted by Crippen LogP contribution is 2.27. The molecule has 0 aliphatic carbocycles. The van der Waals surface area contributed by atoms with Crippen molar-refractivity contribution in [2.45, 2.75) is 8.42 Å². The van der Waals surface area contributed by atoms with Gasteiger partial charge in [0, 0.05) is 0 Å². The molecule has 1 rings (SSSR count). The van der Waals surface area contributed by atoms with Crippen LogP contribution in [0.3, 0.4) is 0 Å². The van der Waals surface area contributed by atoms with Gasteiger partial charge in [-0.15, -0.1) is 4.21 Å². The summed E-state index contributed by atoms with van der Waals surface area (Å²) >= 11 is 11.2. The van der Waals surface area contributed by atoms with Crippen LogP contribution >= 0.6 is 11.3 Å². The van der Waals surface area contributed by atoms with Gasteiger partial charge in [0.1, 0.15) is 5.75 Å². The minimum Gasteiger partial charge on any atom is -0.498 e. The molecule has 50 valence electrons. The normalized spacial score (nSPS) is 9.44. The van der Waals surface area contributed by atoms with Crippen molar-refractivity contribution < 1.29 is 4.74 Å². The predicted molar refractivity (Wildman–Crippen MR) is 42.1 cm³/mol. The third-order valence-electron chi connectivity index (χ3n) is 0.863. The fourth-order valence-corrected chi connectivity index (χ4v) is 2.00. The number of rotatable bonds is 1. The second kappa shape index (κ2) is 2.68. The van der Waals surface area contributed by atoms with E-state index in [1.165, 1.54) is 11.3 Å². The van der Waals surface area contributed by atoms with Crippen molar-refractivity contribution in [1.82, 2.24) is 0 Å². The molecule has 0 aliphatic rings. The Morgan fingerprint density at radius 1 is 1.56 bits per heavy atom. The third kappa shape index (κ3) is 1.44. The van der Waals surface area contributed by atoms with Gasteiger partial charge >= 0.3 is 0 Å². The molecule has 1 aromatic heterocycles. The van der Waals surface area contributed by atoms with Gasteiger partial charge in [-0.25, -0.2) is 0 Å². The second-order valence-electron chi connectivity index (χ2n) is 1.42. The molecule has 1 heterocycles. The van der Waals surface area contributed by atoms with Crippen molar-refractivity contribution in [3.63, 3.8) is 0 Å². The van der Waals surface area contributed by atoms with Crippen LogP contribution in [0.2, 0.25) is 0 Å². The minimum absolute atomic E-state index is 0.722. The average Bonchev–Trinajstić information content (AvgIpc) is 2.10. The molecule has 0 saturated carbocycles. The van der Waals surface area contributed by atoms with Gasteiger partial charge in [0.15, 0.2) is 0 Å². The van der Waals surface area contributed by atoms with E-state index in [0.717, 1.165) is 14.2 Å². The standard InChI is InChI=1S/C5H6OS3/c1-6-3-2-4(7)9-5(3)8/h2,7-8H,1H3/p-2. The van der Waals surface area contributed by atoms with Gasteiger partial charge in [0.05, 0.1) is 7.11 Å². The van der Waals surface area contributed by atoms with Crippen molar-refractivity contribution in [3.05, 3.63) is 6.07 Å². The molecule has 0 saturated heterocycles. The van der Waals surface area contributed by atoms with Crippen LogP contribution in [0, 0.1) is 0 Å². The maximum absolute atomic E-state index is 4.91. The summed E-state index contributed by atoms with van der Waals surface area (Å²) in [7, 11) is 1.59. The summed E-state index contributed by atoms with van der Waals surface area (Å²) in [4.78, 5) is 0. The Balaban J connectivity index is 3.01. The number of thiophene rings is 1. The van der Waals surface area contributed by atoms with E-state index in [1.807, 2.05) is 0 Å². The Kier molecular flexibility index (Phi) is 2.10. The van der Waals surface area contributed by atoms with Gasteiger partial charge in [-0.2, -0.15) is 0 Å². The molecule has 1 aromatic rings. The smallest absolute Gasteiger partial charge is 0.106 e. The number of methoxy groups -OCH3 is 1. The highest BCUT2D eigenvalue weighted by molar-refractivity contribution is 7.66. The summed E-state index contributed by atoms with van der Waals surface area (Å²) in [6.45, 7) is 0. The van der Waals surface area contributed by atoms with Crippen molar-refractivity contribution in [2.24, 2.45) is 0 Å². The monoisotopic (exact) mass is 176 g/mol. The summed E-state index contributed by atoms with van der Waals surface area (Å²) in [6, 6.07) is 1.77. The van der Waals surface area contributed by atoms with Gasteiger partial charge in [-0.05, 0) is 6.07 Å². The topological polar surface area (TPSA) is 9.23 Å². The van der Waals surface area contributed by atoms with Gasteiger partial charge in [-0.3, -0.25) is 0 Å². The van der Waals surface area contributed by atoms with Crippen LogP contribution in [-0.4, -0.2) is 7.11 Å². The second-order valence-corrected chi connectivity index (χ2v) is 3.84. The molecule has 0 aliphatic heterocycles. The molecule has 0 amide bonds. The molecular formula is C5H4OS3-2. The maximum Gasteiger partial charge on any atom is 0.106 e. The SMILES string of the molecule is COc1cc([S-])sc1[S-]. The number of ether oxygens (including phenoxy) is 1. The predicted octanol–water partition coefficient (Wildman–Crippen LogP) is 1.57. The Labute approximate surface area is 68.9 Å². The average molecular weight is 176 g/mol. The number of hydrogen-bond acceptors (Lipinski definition) is 4. The third-order valence-corrected chi connectivity index (χ3v) is 2.39. The van der Waals surface area contributed by atoms with Crippen LogP contribution in [0.1, 0.15) is 0 Å². The Morgan fingerprint density at radius 3 is 2.44 bits per heavy atom. The number of hydrogen-bond donors (Lipinski definition) is 0. The van der Waals surface area contributed by atoms with E-state index >= 15 is 0 Å². The zero-order valence-electron chi connectivity index (χ0n) is 4.71. The van der Waals surface area contributed by atoms with E-state index in [9.17, 15) is 0 Å². The fraction of sp³-hybridized carbons (Fsp3) is 0.200. The molecule has 0 radical (unpaired) electrons. The van der Waals surface area contributed by atoms with Crippen LogP contribution < -0.4 is 4.74 Å². The molecule has 0 spiro atoms. The largest absolute Gasteiger partial charge is 0.498 e. The van der Waals surface area contributed by atoms with Gasteiger partial charge in [-0.1, -0.05) is 4.21 Å². The van der Waals surface area contributed by atoms with Crippen molar-refractivity contribution in [1.29, 1.82) is 0 Å². The van der Waals surface area contributed by atoms with Crippen molar-refractivity contribution in [3.8, 4) is 5.75 Å². The first-order valence-corrected chi connectivity index (χ1v) is 3.89. The molecule has 0 fully saturated rings. The lowest BCUT2D eigenvalue weighted by molar-refractivity contribution is 0.408. The molecule has 0 N–H and O–H groups in total. The van der Waals surface area contributed by atoms with Crippen LogP contribution in [0.5, 0.6) is 5.75 Å². The lowest BCUT2D eigenvalue weighted by atomic mass is 10.6. The summed E-state index contributed by atoms with van der Waals surface area (Å²) in [5.41, 5.74) is 0. The summed E-state index contributed by atoms with van der Waals surface area (Å²) < 4.78 is 6.43. The Bertz CT molecular complexity index is 206. The summed E-state index contributed by atoms with van der Waals surface area (Å²) in [6.07, 6.45) is 0. The zero-order chi connectivity index (χ0) is 6.85. The van der Waals surface area contributed by atoms with Crippen molar-refractivity contribution >= 4 is 36.6 Å². The molecular weight excluding hydrogens is 172 g/mol. The van der Waals surface area contributed by atoms with E-state index < -0.39 is 0 Å². The minimum atomic E-state index is 0.722. The Hall–Kier alpha value is -0.0600. The van der Waals surface area contributed by atoms with Gasteiger partial charge in [0.25, 0.3) is 0 Å². The highest BCUT2D eigenvalue weighted by atomic mass is 32.2.